The maximum atomic E-state index is 12.6. The lowest BCUT2D eigenvalue weighted by Gasteiger charge is -2.13. The van der Waals surface area contributed by atoms with Gasteiger partial charge in [0.15, 0.2) is 23.0 Å². The fourth-order valence-corrected chi connectivity index (χ4v) is 3.05. The molecule has 32 heavy (non-hydrogen) atoms. The number of carbonyl (C=O) groups is 1. The molecule has 3 aromatic rings. The molecule has 0 atom stereocenters. The highest BCUT2D eigenvalue weighted by Crippen LogP contribution is 2.38. The van der Waals surface area contributed by atoms with Crippen LogP contribution in [0.25, 0.3) is 11.3 Å². The quantitative estimate of drug-likeness (QED) is 0.388. The zero-order valence-corrected chi connectivity index (χ0v) is 18.4. The molecule has 2 N–H and O–H groups in total. The van der Waals surface area contributed by atoms with Crippen molar-refractivity contribution in [1.82, 2.24) is 15.6 Å². The number of aromatic nitrogens is 2. The van der Waals surface area contributed by atoms with Crippen LogP contribution in [0.5, 0.6) is 28.7 Å². The first-order chi connectivity index (χ1) is 15.6. The molecule has 10 nitrogen and oxygen atoms in total. The lowest BCUT2D eigenvalue weighted by Crippen LogP contribution is -2.18. The van der Waals surface area contributed by atoms with E-state index < -0.39 is 5.91 Å². The number of amides is 1. The van der Waals surface area contributed by atoms with Gasteiger partial charge in [0.1, 0.15) is 0 Å². The first-order valence-corrected chi connectivity index (χ1v) is 9.45. The van der Waals surface area contributed by atoms with Gasteiger partial charge in [0.25, 0.3) is 5.91 Å². The molecule has 1 aromatic heterocycles. The van der Waals surface area contributed by atoms with Crippen molar-refractivity contribution in [3.05, 3.63) is 47.7 Å². The Hall–Kier alpha value is -4.21. The SMILES string of the molecule is COc1ccc(-c2[nH]ncc2/C=N\NC(=O)c2cc(OC)c(OC)c(OC)c2)cc1OC. The number of hydrogen-bond acceptors (Lipinski definition) is 8. The average Bonchev–Trinajstić information content (AvgIpc) is 3.30. The Morgan fingerprint density at radius 3 is 2.16 bits per heavy atom. The van der Waals surface area contributed by atoms with Crippen molar-refractivity contribution in [2.75, 3.05) is 35.5 Å². The molecule has 0 fully saturated rings. The number of nitrogens with one attached hydrogen (secondary N) is 2. The minimum atomic E-state index is -0.448. The van der Waals surface area contributed by atoms with Crippen LogP contribution in [-0.2, 0) is 0 Å². The van der Waals surface area contributed by atoms with E-state index in [2.05, 4.69) is 20.7 Å². The number of nitrogens with zero attached hydrogens (tertiary/aromatic N) is 2. The predicted octanol–water partition coefficient (Wildman–Crippen LogP) is 2.88. The molecule has 0 bridgehead atoms. The third-order valence-corrected chi connectivity index (χ3v) is 4.64. The van der Waals surface area contributed by atoms with Gasteiger partial charge in [-0.05, 0) is 30.3 Å². The Kier molecular flexibility index (Phi) is 7.17. The first kappa shape index (κ1) is 22.5. The van der Waals surface area contributed by atoms with E-state index in [1.165, 1.54) is 27.5 Å². The van der Waals surface area contributed by atoms with Crippen molar-refractivity contribution < 1.29 is 28.5 Å². The van der Waals surface area contributed by atoms with Gasteiger partial charge in [-0.1, -0.05) is 0 Å². The van der Waals surface area contributed by atoms with E-state index >= 15 is 0 Å². The van der Waals surface area contributed by atoms with Crippen LogP contribution in [0.2, 0.25) is 0 Å². The molecule has 0 aliphatic rings. The Balaban J connectivity index is 1.80. The summed E-state index contributed by atoms with van der Waals surface area (Å²) in [6.45, 7) is 0. The normalized spacial score (nSPS) is 10.7. The van der Waals surface area contributed by atoms with Crippen LogP contribution in [0.15, 0.2) is 41.6 Å². The molecular weight excluding hydrogens is 416 g/mol. The maximum absolute atomic E-state index is 12.6. The number of rotatable bonds is 9. The standard InChI is InChI=1S/C22H24N4O6/c1-28-16-7-6-13(8-17(16)29-2)20-15(11-23-25-20)12-24-26-22(27)14-9-18(30-3)21(32-5)19(10-14)31-4/h6-12H,1-5H3,(H,23,25)(H,26,27)/b24-12-. The molecule has 10 heteroatoms. The van der Waals surface area contributed by atoms with Crippen molar-refractivity contribution in [3.63, 3.8) is 0 Å². The summed E-state index contributed by atoms with van der Waals surface area (Å²) in [7, 11) is 7.58. The molecule has 3 rings (SSSR count). The fraction of sp³-hybridized carbons (Fsp3) is 0.227. The number of benzene rings is 2. The predicted molar refractivity (Wildman–Crippen MR) is 118 cm³/mol. The maximum Gasteiger partial charge on any atom is 0.271 e. The number of methoxy groups -OCH3 is 5. The summed E-state index contributed by atoms with van der Waals surface area (Å²) in [5.74, 6) is 1.88. The van der Waals surface area contributed by atoms with Gasteiger partial charge in [-0.15, -0.1) is 0 Å². The summed E-state index contributed by atoms with van der Waals surface area (Å²) in [5.41, 5.74) is 4.98. The first-order valence-electron chi connectivity index (χ1n) is 9.45. The molecule has 0 unspecified atom stereocenters. The Morgan fingerprint density at radius 2 is 1.56 bits per heavy atom. The van der Waals surface area contributed by atoms with E-state index in [0.29, 0.717) is 45.6 Å². The summed E-state index contributed by atoms with van der Waals surface area (Å²) < 4.78 is 26.4. The number of H-pyrrole nitrogens is 1. The molecule has 1 heterocycles. The second kappa shape index (κ2) is 10.2. The molecular formula is C22H24N4O6. The van der Waals surface area contributed by atoms with Crippen LogP contribution < -0.4 is 29.1 Å². The van der Waals surface area contributed by atoms with Crippen LogP contribution in [-0.4, -0.2) is 57.9 Å². The number of aromatic amines is 1. The van der Waals surface area contributed by atoms with Crippen molar-refractivity contribution >= 4 is 12.1 Å². The highest BCUT2D eigenvalue weighted by atomic mass is 16.5. The number of hydrogen-bond donors (Lipinski definition) is 2. The highest BCUT2D eigenvalue weighted by molar-refractivity contribution is 5.96. The lowest BCUT2D eigenvalue weighted by atomic mass is 10.1. The molecule has 0 saturated heterocycles. The molecule has 0 spiro atoms. The molecule has 0 aliphatic carbocycles. The summed E-state index contributed by atoms with van der Waals surface area (Å²) in [4.78, 5) is 12.6. The van der Waals surface area contributed by atoms with Gasteiger partial charge in [-0.3, -0.25) is 9.89 Å². The van der Waals surface area contributed by atoms with Crippen molar-refractivity contribution in [1.29, 1.82) is 0 Å². The minimum Gasteiger partial charge on any atom is -0.493 e. The number of ether oxygens (including phenoxy) is 5. The molecule has 0 aliphatic heterocycles. The molecule has 2 aromatic carbocycles. The largest absolute Gasteiger partial charge is 0.493 e. The average molecular weight is 440 g/mol. The summed E-state index contributed by atoms with van der Waals surface area (Å²) in [5, 5.41) is 11.0. The van der Waals surface area contributed by atoms with Gasteiger partial charge in [0.05, 0.1) is 53.7 Å². The van der Waals surface area contributed by atoms with E-state index in [1.807, 2.05) is 12.1 Å². The topological polar surface area (TPSA) is 116 Å². The van der Waals surface area contributed by atoms with Crippen LogP contribution in [0, 0.1) is 0 Å². The molecule has 0 radical (unpaired) electrons. The molecule has 1 amide bonds. The third-order valence-electron chi connectivity index (χ3n) is 4.64. The van der Waals surface area contributed by atoms with Crippen LogP contribution in [0.4, 0.5) is 0 Å². The van der Waals surface area contributed by atoms with E-state index in [-0.39, 0.29) is 0 Å². The van der Waals surface area contributed by atoms with Crippen LogP contribution >= 0.6 is 0 Å². The van der Waals surface area contributed by atoms with E-state index in [4.69, 9.17) is 23.7 Å². The zero-order chi connectivity index (χ0) is 23.1. The van der Waals surface area contributed by atoms with Crippen molar-refractivity contribution in [3.8, 4) is 40.0 Å². The molecule has 0 saturated carbocycles. The lowest BCUT2D eigenvalue weighted by molar-refractivity contribution is 0.0954. The van der Waals surface area contributed by atoms with Crippen LogP contribution in [0.3, 0.4) is 0 Å². The minimum absolute atomic E-state index is 0.295. The van der Waals surface area contributed by atoms with Gasteiger partial charge < -0.3 is 23.7 Å². The second-order valence-electron chi connectivity index (χ2n) is 6.38. The van der Waals surface area contributed by atoms with Gasteiger partial charge >= 0.3 is 0 Å². The van der Waals surface area contributed by atoms with Crippen molar-refractivity contribution in [2.45, 2.75) is 0 Å². The molecule has 168 valence electrons. The summed E-state index contributed by atoms with van der Waals surface area (Å²) >= 11 is 0. The monoisotopic (exact) mass is 440 g/mol. The second-order valence-corrected chi connectivity index (χ2v) is 6.38. The van der Waals surface area contributed by atoms with Crippen molar-refractivity contribution in [2.24, 2.45) is 5.10 Å². The van der Waals surface area contributed by atoms with Gasteiger partial charge in [-0.25, -0.2) is 5.43 Å². The van der Waals surface area contributed by atoms with Crippen LogP contribution in [0.1, 0.15) is 15.9 Å². The zero-order valence-electron chi connectivity index (χ0n) is 18.4. The Morgan fingerprint density at radius 1 is 0.906 bits per heavy atom. The van der Waals surface area contributed by atoms with Gasteiger partial charge in [0, 0.05) is 16.7 Å². The highest BCUT2D eigenvalue weighted by Gasteiger charge is 2.17. The van der Waals surface area contributed by atoms with E-state index in [9.17, 15) is 4.79 Å². The van der Waals surface area contributed by atoms with E-state index in [0.717, 1.165) is 5.56 Å². The summed E-state index contributed by atoms with van der Waals surface area (Å²) in [6.07, 6.45) is 3.09. The number of carbonyl (C=O) groups excluding carboxylic acids is 1. The van der Waals surface area contributed by atoms with Gasteiger partial charge in [-0.2, -0.15) is 10.2 Å². The smallest absolute Gasteiger partial charge is 0.271 e. The number of hydrazone groups is 1. The fourth-order valence-electron chi connectivity index (χ4n) is 3.05. The van der Waals surface area contributed by atoms with Gasteiger partial charge in [0.2, 0.25) is 5.75 Å². The summed E-state index contributed by atoms with van der Waals surface area (Å²) in [6, 6.07) is 8.55. The third kappa shape index (κ3) is 4.59. The van der Waals surface area contributed by atoms with E-state index in [1.54, 1.807) is 38.6 Å². The Labute approximate surface area is 185 Å². The Bertz CT molecular complexity index is 1100.